The van der Waals surface area contributed by atoms with Crippen LogP contribution in [-0.4, -0.2) is 75.2 Å². The molecule has 1 aliphatic rings. The highest BCUT2D eigenvalue weighted by Gasteiger charge is 2.36. The number of rotatable bonds is 12. The van der Waals surface area contributed by atoms with E-state index in [9.17, 15) is 28.1 Å². The van der Waals surface area contributed by atoms with Crippen molar-refractivity contribution < 1.29 is 22.9 Å². The van der Waals surface area contributed by atoms with E-state index in [0.717, 1.165) is 4.31 Å². The first-order valence-corrected chi connectivity index (χ1v) is 14.9. The van der Waals surface area contributed by atoms with Crippen LogP contribution in [0.2, 0.25) is 0 Å². The Morgan fingerprint density at radius 1 is 1.07 bits per heavy atom. The SMILES string of the molecule is CCS(=O)(=O)N(CC(=O)NCCN(C)C)c1ccc(N=C(c2ccccc2)C2C(=O)Nc3ccc([N+](=O)[O-])cc32)cc1. The van der Waals surface area contributed by atoms with Crippen molar-refractivity contribution in [3.63, 3.8) is 0 Å². The van der Waals surface area contributed by atoms with Crippen molar-refractivity contribution in [1.82, 2.24) is 10.2 Å². The van der Waals surface area contributed by atoms with Gasteiger partial charge in [-0.2, -0.15) is 0 Å². The van der Waals surface area contributed by atoms with E-state index >= 15 is 0 Å². The van der Waals surface area contributed by atoms with Gasteiger partial charge in [-0.1, -0.05) is 30.3 Å². The van der Waals surface area contributed by atoms with Crippen LogP contribution in [0.1, 0.15) is 24.0 Å². The van der Waals surface area contributed by atoms with Gasteiger partial charge in [0.1, 0.15) is 12.5 Å². The quantitative estimate of drug-likeness (QED) is 0.186. The second kappa shape index (κ2) is 12.9. The lowest BCUT2D eigenvalue weighted by Gasteiger charge is -2.23. The van der Waals surface area contributed by atoms with E-state index in [0.29, 0.717) is 47.0 Å². The molecule has 0 fully saturated rings. The molecule has 0 saturated carbocycles. The van der Waals surface area contributed by atoms with E-state index in [1.807, 2.05) is 25.1 Å². The second-order valence-corrected chi connectivity index (χ2v) is 12.1. The van der Waals surface area contributed by atoms with Crippen molar-refractivity contribution in [2.45, 2.75) is 12.8 Å². The Kier molecular flexibility index (Phi) is 9.33. The van der Waals surface area contributed by atoms with Gasteiger partial charge in [0.15, 0.2) is 0 Å². The lowest BCUT2D eigenvalue weighted by molar-refractivity contribution is -0.384. The van der Waals surface area contributed by atoms with Gasteiger partial charge >= 0.3 is 0 Å². The van der Waals surface area contributed by atoms with Gasteiger partial charge < -0.3 is 15.5 Å². The van der Waals surface area contributed by atoms with Crippen LogP contribution in [-0.2, 0) is 19.6 Å². The Bertz CT molecular complexity index is 1610. The number of likely N-dealkylation sites (N-methyl/N-ethyl adjacent to an activating group) is 1. The van der Waals surface area contributed by atoms with E-state index in [1.165, 1.54) is 25.1 Å². The molecular formula is C29H32N6O6S. The summed E-state index contributed by atoms with van der Waals surface area (Å²) in [6.45, 7) is 2.12. The van der Waals surface area contributed by atoms with Crippen LogP contribution >= 0.6 is 0 Å². The van der Waals surface area contributed by atoms with Crippen LogP contribution in [0, 0.1) is 10.1 Å². The summed E-state index contributed by atoms with van der Waals surface area (Å²) in [5, 5.41) is 17.0. The number of fused-ring (bicyclic) bond motifs is 1. The van der Waals surface area contributed by atoms with Crippen LogP contribution < -0.4 is 14.9 Å². The number of nitrogens with zero attached hydrogens (tertiary/aromatic N) is 4. The zero-order valence-electron chi connectivity index (χ0n) is 23.5. The normalized spacial score (nSPS) is 14.8. The number of aliphatic imine (C=N–C) groups is 1. The fourth-order valence-corrected chi connectivity index (χ4v) is 5.55. The molecule has 3 aromatic carbocycles. The molecule has 3 aromatic rings. The summed E-state index contributed by atoms with van der Waals surface area (Å²) in [7, 11) is -0.0353. The van der Waals surface area contributed by atoms with Crippen LogP contribution in [0.3, 0.4) is 0 Å². The van der Waals surface area contributed by atoms with Crippen LogP contribution in [0.5, 0.6) is 0 Å². The number of carbonyl (C=O) groups is 2. The molecule has 1 aliphatic heterocycles. The maximum absolute atomic E-state index is 13.1. The first kappa shape index (κ1) is 30.3. The number of carbonyl (C=O) groups excluding carboxylic acids is 2. The van der Waals surface area contributed by atoms with Gasteiger partial charge in [-0.15, -0.1) is 0 Å². The molecule has 4 rings (SSSR count). The second-order valence-electron chi connectivity index (χ2n) is 9.89. The minimum absolute atomic E-state index is 0.144. The summed E-state index contributed by atoms with van der Waals surface area (Å²) in [5.74, 6) is -1.91. The highest BCUT2D eigenvalue weighted by Crippen LogP contribution is 2.38. The smallest absolute Gasteiger partial charge is 0.269 e. The summed E-state index contributed by atoms with van der Waals surface area (Å²) < 4.78 is 26.8. The molecule has 0 spiro atoms. The molecule has 1 heterocycles. The van der Waals surface area contributed by atoms with Crippen molar-refractivity contribution in [1.29, 1.82) is 0 Å². The van der Waals surface area contributed by atoms with Gasteiger partial charge in [0, 0.05) is 36.5 Å². The highest BCUT2D eigenvalue weighted by molar-refractivity contribution is 7.92. The lowest BCUT2D eigenvalue weighted by atomic mass is 9.90. The van der Waals surface area contributed by atoms with Crippen LogP contribution in [0.4, 0.5) is 22.7 Å². The summed E-state index contributed by atoms with van der Waals surface area (Å²) in [6, 6.07) is 19.5. The van der Waals surface area contributed by atoms with Crippen molar-refractivity contribution >= 4 is 50.3 Å². The number of anilines is 2. The number of nitro groups is 1. The van der Waals surface area contributed by atoms with E-state index in [4.69, 9.17) is 4.99 Å². The lowest BCUT2D eigenvalue weighted by Crippen LogP contribution is -2.43. The molecule has 0 saturated heterocycles. The number of nitro benzene ring substituents is 1. The molecule has 1 atom stereocenters. The fourth-order valence-electron chi connectivity index (χ4n) is 4.48. The molecule has 2 N–H and O–H groups in total. The number of non-ortho nitro benzene ring substituents is 1. The Hall–Kier alpha value is -4.62. The number of hydrogen-bond donors (Lipinski definition) is 2. The highest BCUT2D eigenvalue weighted by atomic mass is 32.2. The zero-order valence-corrected chi connectivity index (χ0v) is 24.3. The molecule has 220 valence electrons. The first-order valence-electron chi connectivity index (χ1n) is 13.2. The van der Waals surface area contributed by atoms with Crippen molar-refractivity contribution in [3.05, 3.63) is 94.0 Å². The third kappa shape index (κ3) is 6.98. The average Bonchev–Trinajstić information content (AvgIpc) is 3.29. The zero-order chi connectivity index (χ0) is 30.4. The largest absolute Gasteiger partial charge is 0.353 e. The third-order valence-electron chi connectivity index (χ3n) is 6.68. The van der Waals surface area contributed by atoms with Crippen molar-refractivity contribution in [2.75, 3.05) is 49.1 Å². The molecule has 0 aliphatic carbocycles. The molecule has 12 nitrogen and oxygen atoms in total. The van der Waals surface area contributed by atoms with Crippen LogP contribution in [0.25, 0.3) is 0 Å². The third-order valence-corrected chi connectivity index (χ3v) is 8.42. The van der Waals surface area contributed by atoms with Gasteiger partial charge in [-0.05, 0) is 56.9 Å². The molecule has 0 radical (unpaired) electrons. The van der Waals surface area contributed by atoms with Gasteiger partial charge in [-0.25, -0.2) is 8.42 Å². The number of benzene rings is 3. The monoisotopic (exact) mass is 592 g/mol. The number of sulfonamides is 1. The van der Waals surface area contributed by atoms with E-state index < -0.39 is 26.8 Å². The average molecular weight is 593 g/mol. The molecule has 2 amide bonds. The van der Waals surface area contributed by atoms with Gasteiger partial charge in [-0.3, -0.25) is 29.0 Å². The van der Waals surface area contributed by atoms with Crippen molar-refractivity contribution in [2.24, 2.45) is 4.99 Å². The predicted molar refractivity (Wildman–Crippen MR) is 162 cm³/mol. The molecule has 42 heavy (non-hydrogen) atoms. The van der Waals surface area contributed by atoms with E-state index in [1.54, 1.807) is 48.5 Å². The number of amides is 2. The predicted octanol–water partition coefficient (Wildman–Crippen LogP) is 3.29. The maximum atomic E-state index is 13.1. The first-order chi connectivity index (χ1) is 20.0. The van der Waals surface area contributed by atoms with Gasteiger partial charge in [0.05, 0.1) is 27.8 Å². The van der Waals surface area contributed by atoms with Crippen molar-refractivity contribution in [3.8, 4) is 0 Å². The standard InChI is InChI=1S/C29H32N6O6S/c1-4-42(40,41)34(19-26(36)30-16-17-33(2)3)22-12-10-21(11-13-22)31-28(20-8-6-5-7-9-20)27-24-18-23(35(38)39)14-15-25(24)32-29(27)37/h5-15,18,27H,4,16-17,19H2,1-3H3,(H,30,36)(H,32,37). The van der Waals surface area contributed by atoms with E-state index in [2.05, 4.69) is 10.6 Å². The number of nitrogens with one attached hydrogen (secondary N) is 2. The van der Waals surface area contributed by atoms with Crippen LogP contribution in [0.15, 0.2) is 77.8 Å². The topological polar surface area (TPSA) is 154 Å². The van der Waals surface area contributed by atoms with E-state index in [-0.39, 0.29) is 23.9 Å². The Balaban J connectivity index is 1.69. The molecule has 1 unspecified atom stereocenters. The molecule has 0 bridgehead atoms. The Labute approximate surface area is 244 Å². The summed E-state index contributed by atoms with van der Waals surface area (Å²) in [4.78, 5) is 43.3. The van der Waals surface area contributed by atoms with Gasteiger partial charge in [0.2, 0.25) is 21.8 Å². The molecular weight excluding hydrogens is 560 g/mol. The summed E-state index contributed by atoms with van der Waals surface area (Å²) in [6.07, 6.45) is 0. The molecule has 0 aromatic heterocycles. The fraction of sp³-hybridized carbons (Fsp3) is 0.276. The minimum Gasteiger partial charge on any atom is -0.353 e. The minimum atomic E-state index is -3.78. The Morgan fingerprint density at radius 2 is 1.76 bits per heavy atom. The van der Waals surface area contributed by atoms with Gasteiger partial charge in [0.25, 0.3) is 5.69 Å². The summed E-state index contributed by atoms with van der Waals surface area (Å²) in [5.41, 5.74) is 2.50. The summed E-state index contributed by atoms with van der Waals surface area (Å²) >= 11 is 0. The molecule has 13 heteroatoms. The maximum Gasteiger partial charge on any atom is 0.269 e. The Morgan fingerprint density at radius 3 is 2.38 bits per heavy atom. The number of hydrogen-bond acceptors (Lipinski definition) is 8.